The predicted molar refractivity (Wildman–Crippen MR) is 94.8 cm³/mol. The Labute approximate surface area is 147 Å². The zero-order chi connectivity index (χ0) is 18.2. The minimum atomic E-state index is -3.72. The van der Waals surface area contributed by atoms with Crippen LogP contribution in [-0.4, -0.2) is 39.0 Å². The van der Waals surface area contributed by atoms with Crippen LogP contribution in [0.25, 0.3) is 0 Å². The van der Waals surface area contributed by atoms with Gasteiger partial charge in [-0.3, -0.25) is 9.63 Å². The van der Waals surface area contributed by atoms with Crippen LogP contribution in [0.4, 0.5) is 5.69 Å². The molecule has 0 aliphatic carbocycles. The summed E-state index contributed by atoms with van der Waals surface area (Å²) < 4.78 is 25.2. The quantitative estimate of drug-likeness (QED) is 0.786. The van der Waals surface area contributed by atoms with E-state index in [4.69, 9.17) is 4.84 Å². The highest BCUT2D eigenvalue weighted by Crippen LogP contribution is 2.33. The van der Waals surface area contributed by atoms with E-state index in [1.54, 1.807) is 4.90 Å². The van der Waals surface area contributed by atoms with Gasteiger partial charge in [0, 0.05) is 24.3 Å². The molecule has 132 valence electrons. The molecule has 0 spiro atoms. The van der Waals surface area contributed by atoms with E-state index >= 15 is 0 Å². The predicted octanol–water partition coefficient (Wildman–Crippen LogP) is 2.46. The molecule has 0 fully saturated rings. The molecule has 0 radical (unpaired) electrons. The second-order valence-corrected chi connectivity index (χ2v) is 7.91. The highest BCUT2D eigenvalue weighted by atomic mass is 32.2. The molecule has 6 nitrogen and oxygen atoms in total. The fraction of sp³-hybridized carbons (Fsp3) is 0.278. The Morgan fingerprint density at radius 2 is 1.80 bits per heavy atom. The molecule has 25 heavy (non-hydrogen) atoms. The lowest BCUT2D eigenvalue weighted by Crippen LogP contribution is -2.35. The van der Waals surface area contributed by atoms with Gasteiger partial charge in [-0.2, -0.15) is 0 Å². The number of fused-ring (bicyclic) bond motifs is 1. The number of benzene rings is 2. The molecule has 3 rings (SSSR count). The van der Waals surface area contributed by atoms with Crippen molar-refractivity contribution in [3.63, 3.8) is 0 Å². The van der Waals surface area contributed by atoms with Crippen LogP contribution in [-0.2, 0) is 21.3 Å². The Kier molecular flexibility index (Phi) is 4.64. The molecule has 0 aromatic heterocycles. The molecule has 2 aromatic rings. The molecule has 0 N–H and O–H groups in total. The number of carbonyl (C=O) groups is 1. The van der Waals surface area contributed by atoms with Gasteiger partial charge in [-0.15, -0.1) is 0 Å². The molecule has 1 atom stereocenters. The Bertz CT molecular complexity index is 894. The Morgan fingerprint density at radius 3 is 2.44 bits per heavy atom. The second kappa shape index (κ2) is 6.59. The molecule has 0 saturated heterocycles. The molecule has 1 aliphatic heterocycles. The highest BCUT2D eigenvalue weighted by Gasteiger charge is 2.31. The highest BCUT2D eigenvalue weighted by molar-refractivity contribution is 7.89. The van der Waals surface area contributed by atoms with Crippen LogP contribution in [0.5, 0.6) is 0 Å². The Morgan fingerprint density at radius 1 is 1.16 bits per heavy atom. The van der Waals surface area contributed by atoms with Crippen LogP contribution in [0.2, 0.25) is 0 Å². The number of hydrogen-bond donors (Lipinski definition) is 0. The first-order valence-corrected chi connectivity index (χ1v) is 9.35. The van der Waals surface area contributed by atoms with Gasteiger partial charge < -0.3 is 4.90 Å². The van der Waals surface area contributed by atoms with E-state index in [-0.39, 0.29) is 16.8 Å². The lowest BCUT2D eigenvalue weighted by molar-refractivity contribution is -0.0258. The summed E-state index contributed by atoms with van der Waals surface area (Å²) in [7, 11) is -1.13. The number of carbonyl (C=O) groups excluding carboxylic acids is 1. The van der Waals surface area contributed by atoms with Crippen molar-refractivity contribution in [3.05, 3.63) is 59.7 Å². The van der Waals surface area contributed by atoms with Crippen LogP contribution in [0.1, 0.15) is 22.8 Å². The third-order valence-corrected chi connectivity index (χ3v) is 6.11. The SMILES string of the molecule is CON(C)S(=O)(=O)c1ccc(C(=O)N2c3ccccc3CC2C)cc1. The van der Waals surface area contributed by atoms with E-state index in [0.717, 1.165) is 22.1 Å². The van der Waals surface area contributed by atoms with Crippen LogP contribution in [0.15, 0.2) is 53.4 Å². The van der Waals surface area contributed by atoms with Crippen molar-refractivity contribution in [2.45, 2.75) is 24.3 Å². The van der Waals surface area contributed by atoms with Gasteiger partial charge in [0.1, 0.15) is 0 Å². The number of hydroxylamine groups is 1. The maximum absolute atomic E-state index is 12.9. The number of nitrogens with zero attached hydrogens (tertiary/aromatic N) is 2. The van der Waals surface area contributed by atoms with E-state index in [1.807, 2.05) is 31.2 Å². The lowest BCUT2D eigenvalue weighted by Gasteiger charge is -2.23. The number of sulfonamides is 1. The molecular weight excluding hydrogens is 340 g/mol. The lowest BCUT2D eigenvalue weighted by atomic mass is 10.1. The molecule has 1 aliphatic rings. The molecular formula is C18H20N2O4S. The van der Waals surface area contributed by atoms with Gasteiger partial charge in [0.15, 0.2) is 0 Å². The van der Waals surface area contributed by atoms with Gasteiger partial charge in [0.25, 0.3) is 15.9 Å². The number of para-hydroxylation sites is 1. The molecule has 0 bridgehead atoms. The summed E-state index contributed by atoms with van der Waals surface area (Å²) in [6, 6.07) is 13.8. The van der Waals surface area contributed by atoms with E-state index in [2.05, 4.69) is 0 Å². The van der Waals surface area contributed by atoms with Gasteiger partial charge in [-0.05, 0) is 49.2 Å². The zero-order valence-corrected chi connectivity index (χ0v) is 15.2. The average Bonchev–Trinajstić information content (AvgIpc) is 2.96. The van der Waals surface area contributed by atoms with Gasteiger partial charge >= 0.3 is 0 Å². The van der Waals surface area contributed by atoms with Crippen molar-refractivity contribution in [3.8, 4) is 0 Å². The standard InChI is InChI=1S/C18H20N2O4S/c1-13-12-15-6-4-5-7-17(15)20(13)18(21)14-8-10-16(11-9-14)25(22,23)19(2)24-3/h4-11,13H,12H2,1-3H3. The van der Waals surface area contributed by atoms with Crippen molar-refractivity contribution < 1.29 is 18.0 Å². The van der Waals surface area contributed by atoms with E-state index in [1.165, 1.54) is 38.4 Å². The maximum Gasteiger partial charge on any atom is 0.264 e. The fourth-order valence-electron chi connectivity index (χ4n) is 3.03. The van der Waals surface area contributed by atoms with E-state index in [9.17, 15) is 13.2 Å². The minimum absolute atomic E-state index is 0.0629. The van der Waals surface area contributed by atoms with Crippen molar-refractivity contribution in [2.75, 3.05) is 19.1 Å². The number of amides is 1. The van der Waals surface area contributed by atoms with Crippen LogP contribution in [0, 0.1) is 0 Å². The van der Waals surface area contributed by atoms with Gasteiger partial charge in [0.2, 0.25) is 0 Å². The summed E-state index contributed by atoms with van der Waals surface area (Å²) >= 11 is 0. The molecule has 1 heterocycles. The number of anilines is 1. The first-order valence-electron chi connectivity index (χ1n) is 7.91. The normalized spacial score (nSPS) is 17.0. The first-order chi connectivity index (χ1) is 11.9. The third-order valence-electron chi connectivity index (χ3n) is 4.42. The van der Waals surface area contributed by atoms with Crippen molar-refractivity contribution >= 4 is 21.6 Å². The molecule has 0 saturated carbocycles. The number of hydrogen-bond acceptors (Lipinski definition) is 4. The molecule has 2 aromatic carbocycles. The maximum atomic E-state index is 12.9. The Balaban J connectivity index is 1.90. The Hall–Kier alpha value is -2.22. The smallest absolute Gasteiger partial charge is 0.264 e. The third kappa shape index (κ3) is 3.06. The summed E-state index contributed by atoms with van der Waals surface area (Å²) in [6.45, 7) is 2.00. The summed E-state index contributed by atoms with van der Waals surface area (Å²) in [5.74, 6) is -0.138. The molecule has 1 amide bonds. The average molecular weight is 360 g/mol. The topological polar surface area (TPSA) is 66.9 Å². The van der Waals surface area contributed by atoms with Crippen LogP contribution in [0.3, 0.4) is 0 Å². The van der Waals surface area contributed by atoms with Crippen LogP contribution >= 0.6 is 0 Å². The summed E-state index contributed by atoms with van der Waals surface area (Å²) in [6.07, 6.45) is 0.813. The monoisotopic (exact) mass is 360 g/mol. The van der Waals surface area contributed by atoms with Gasteiger partial charge in [0.05, 0.1) is 12.0 Å². The molecule has 7 heteroatoms. The summed E-state index contributed by atoms with van der Waals surface area (Å²) in [5, 5.41) is 0. The van der Waals surface area contributed by atoms with Crippen LogP contribution < -0.4 is 4.90 Å². The van der Waals surface area contributed by atoms with Crippen molar-refractivity contribution in [2.24, 2.45) is 0 Å². The van der Waals surface area contributed by atoms with Gasteiger partial charge in [-0.1, -0.05) is 22.7 Å². The largest absolute Gasteiger partial charge is 0.305 e. The number of rotatable bonds is 4. The second-order valence-electron chi connectivity index (χ2n) is 5.98. The van der Waals surface area contributed by atoms with Crippen molar-refractivity contribution in [1.82, 2.24) is 4.47 Å². The zero-order valence-electron chi connectivity index (χ0n) is 14.3. The minimum Gasteiger partial charge on any atom is -0.305 e. The van der Waals surface area contributed by atoms with E-state index in [0.29, 0.717) is 5.56 Å². The van der Waals surface area contributed by atoms with E-state index < -0.39 is 10.0 Å². The van der Waals surface area contributed by atoms with Crippen molar-refractivity contribution in [1.29, 1.82) is 0 Å². The molecule has 1 unspecified atom stereocenters. The van der Waals surface area contributed by atoms with Gasteiger partial charge in [-0.25, -0.2) is 8.42 Å². The summed E-state index contributed by atoms with van der Waals surface area (Å²) in [5.41, 5.74) is 2.50. The fourth-order valence-corrected chi connectivity index (χ4v) is 4.00. The summed E-state index contributed by atoms with van der Waals surface area (Å²) in [4.78, 5) is 19.5. The first kappa shape index (κ1) is 17.6.